The van der Waals surface area contributed by atoms with Crippen LogP contribution in [0.2, 0.25) is 0 Å². The van der Waals surface area contributed by atoms with Gasteiger partial charge in [0.05, 0.1) is 29.3 Å². The molecule has 0 amide bonds. The van der Waals surface area contributed by atoms with E-state index < -0.39 is 0 Å². The molecule has 5 nitrogen and oxygen atoms in total. The van der Waals surface area contributed by atoms with Crippen molar-refractivity contribution >= 4 is 28.0 Å². The number of H-pyrrole nitrogens is 1. The molecule has 1 fully saturated rings. The zero-order valence-corrected chi connectivity index (χ0v) is 17.8. The Labute approximate surface area is 176 Å². The van der Waals surface area contributed by atoms with Gasteiger partial charge < -0.3 is 10.3 Å². The van der Waals surface area contributed by atoms with Gasteiger partial charge in [0.25, 0.3) is 0 Å². The zero-order chi connectivity index (χ0) is 18.1. The Morgan fingerprint density at radius 1 is 1.07 bits per heavy atom. The Morgan fingerprint density at radius 2 is 2.00 bits per heavy atom. The Kier molecular flexibility index (Phi) is 6.09. The van der Waals surface area contributed by atoms with E-state index in [-0.39, 0.29) is 17.0 Å². The summed E-state index contributed by atoms with van der Waals surface area (Å²) in [6.07, 6.45) is 8.01. The van der Waals surface area contributed by atoms with Gasteiger partial charge in [0, 0.05) is 18.8 Å². The first-order valence-electron chi connectivity index (χ1n) is 10.2. The highest BCUT2D eigenvalue weighted by atomic mass is 79.9. The predicted molar refractivity (Wildman–Crippen MR) is 118 cm³/mol. The van der Waals surface area contributed by atoms with Crippen LogP contribution in [0, 0.1) is 0 Å². The Bertz CT molecular complexity index is 885. The van der Waals surface area contributed by atoms with Crippen molar-refractivity contribution in [2.24, 2.45) is 0 Å². The molecule has 2 aromatic heterocycles. The summed E-state index contributed by atoms with van der Waals surface area (Å²) in [4.78, 5) is 15.9. The van der Waals surface area contributed by atoms with Crippen molar-refractivity contribution in [2.75, 3.05) is 13.1 Å². The second-order valence-electron chi connectivity index (χ2n) is 7.83. The minimum Gasteiger partial charge on any atom is -0.341 e. The molecule has 1 aromatic carbocycles. The van der Waals surface area contributed by atoms with Gasteiger partial charge in [-0.3, -0.25) is 9.88 Å². The van der Waals surface area contributed by atoms with Gasteiger partial charge >= 0.3 is 0 Å². The minimum atomic E-state index is 0. The number of hydrogen-bond acceptors (Lipinski definition) is 4. The predicted octanol–water partition coefficient (Wildman–Crippen LogP) is 4.17. The molecule has 0 radical (unpaired) electrons. The first kappa shape index (κ1) is 19.6. The molecule has 28 heavy (non-hydrogen) atoms. The van der Waals surface area contributed by atoms with Gasteiger partial charge in [-0.05, 0) is 62.4 Å². The van der Waals surface area contributed by atoms with Crippen molar-refractivity contribution in [1.82, 2.24) is 25.2 Å². The van der Waals surface area contributed by atoms with E-state index in [2.05, 4.69) is 51.6 Å². The summed E-state index contributed by atoms with van der Waals surface area (Å²) in [7, 11) is 0. The molecule has 3 heterocycles. The van der Waals surface area contributed by atoms with Crippen molar-refractivity contribution in [3.8, 4) is 0 Å². The van der Waals surface area contributed by atoms with Crippen molar-refractivity contribution in [3.05, 3.63) is 59.7 Å². The van der Waals surface area contributed by atoms with E-state index in [9.17, 15) is 0 Å². The number of halogens is 1. The number of piperidine rings is 1. The van der Waals surface area contributed by atoms with E-state index in [1.807, 2.05) is 6.20 Å². The highest BCUT2D eigenvalue weighted by Gasteiger charge is 2.33. The van der Waals surface area contributed by atoms with E-state index in [4.69, 9.17) is 9.97 Å². The third-order valence-corrected chi connectivity index (χ3v) is 6.08. The second-order valence-corrected chi connectivity index (χ2v) is 7.83. The van der Waals surface area contributed by atoms with Crippen LogP contribution in [0.3, 0.4) is 0 Å². The van der Waals surface area contributed by atoms with Crippen molar-refractivity contribution in [2.45, 2.75) is 50.7 Å². The molecule has 2 unspecified atom stereocenters. The van der Waals surface area contributed by atoms with Crippen LogP contribution in [0.25, 0.3) is 11.0 Å². The number of imidazole rings is 1. The molecule has 2 N–H and O–H groups in total. The molecule has 1 saturated heterocycles. The number of fused-ring (bicyclic) bond motifs is 2. The summed E-state index contributed by atoms with van der Waals surface area (Å²) in [6.45, 7) is 3.04. The van der Waals surface area contributed by atoms with Crippen LogP contribution in [0.1, 0.15) is 48.8 Å². The fraction of sp³-hybridized carbons (Fsp3) is 0.455. The molecule has 6 heteroatoms. The maximum Gasteiger partial charge on any atom is 0.121 e. The topological polar surface area (TPSA) is 56.8 Å². The summed E-state index contributed by atoms with van der Waals surface area (Å²) in [5, 5.41) is 3.60. The number of aryl methyl sites for hydroxylation is 1. The zero-order valence-electron chi connectivity index (χ0n) is 16.1. The number of rotatable bonds is 4. The maximum atomic E-state index is 4.86. The number of para-hydroxylation sites is 2. The summed E-state index contributed by atoms with van der Waals surface area (Å²) < 4.78 is 0. The van der Waals surface area contributed by atoms with Crippen molar-refractivity contribution in [1.29, 1.82) is 0 Å². The molecule has 1 aliphatic heterocycles. The van der Waals surface area contributed by atoms with Crippen molar-refractivity contribution in [3.63, 3.8) is 0 Å². The van der Waals surface area contributed by atoms with Crippen LogP contribution in [0.4, 0.5) is 0 Å². The molecule has 0 spiro atoms. The number of pyridine rings is 1. The highest BCUT2D eigenvalue weighted by Crippen LogP contribution is 2.36. The molecular formula is C22H28BrN5. The van der Waals surface area contributed by atoms with Crippen LogP contribution in [0.15, 0.2) is 42.6 Å². The fourth-order valence-corrected chi connectivity index (χ4v) is 4.77. The van der Waals surface area contributed by atoms with Gasteiger partial charge in [-0.2, -0.15) is 0 Å². The van der Waals surface area contributed by atoms with E-state index in [1.165, 1.54) is 36.9 Å². The third-order valence-electron chi connectivity index (χ3n) is 6.08. The molecule has 3 aromatic rings. The van der Waals surface area contributed by atoms with E-state index >= 15 is 0 Å². The lowest BCUT2D eigenvalue weighted by molar-refractivity contribution is 0.0868. The number of hydrogen-bond donors (Lipinski definition) is 2. The molecule has 0 bridgehead atoms. The van der Waals surface area contributed by atoms with Crippen LogP contribution in [-0.4, -0.2) is 39.0 Å². The summed E-state index contributed by atoms with van der Waals surface area (Å²) >= 11 is 0. The molecule has 148 valence electrons. The number of nitrogens with one attached hydrogen (secondary N) is 2. The average molecular weight is 442 g/mol. The van der Waals surface area contributed by atoms with Gasteiger partial charge in [0.2, 0.25) is 0 Å². The highest BCUT2D eigenvalue weighted by molar-refractivity contribution is 8.93. The molecule has 1 aliphatic carbocycles. The normalized spacial score (nSPS) is 22.0. The SMILES string of the molecule is Br.c1cnc2c(c1)CCCC2N(Cc1nc2ccccc2[nH]1)C1CCCNC1. The lowest BCUT2D eigenvalue weighted by atomic mass is 9.89. The van der Waals surface area contributed by atoms with Crippen molar-refractivity contribution < 1.29 is 0 Å². The van der Waals surface area contributed by atoms with Gasteiger partial charge in [-0.25, -0.2) is 4.98 Å². The summed E-state index contributed by atoms with van der Waals surface area (Å²) in [5.41, 5.74) is 4.88. The van der Waals surface area contributed by atoms with Gasteiger partial charge in [0.1, 0.15) is 5.82 Å². The van der Waals surface area contributed by atoms with Gasteiger partial charge in [0.15, 0.2) is 0 Å². The lowest BCUT2D eigenvalue weighted by Gasteiger charge is -2.41. The summed E-state index contributed by atoms with van der Waals surface area (Å²) in [6, 6.07) is 13.6. The number of nitrogens with zero attached hydrogens (tertiary/aromatic N) is 3. The van der Waals surface area contributed by atoms with Crippen LogP contribution >= 0.6 is 17.0 Å². The first-order valence-corrected chi connectivity index (χ1v) is 10.2. The Balaban J connectivity index is 0.00000192. The average Bonchev–Trinajstić information content (AvgIpc) is 3.15. The number of benzene rings is 1. The fourth-order valence-electron chi connectivity index (χ4n) is 4.77. The Morgan fingerprint density at radius 3 is 2.86 bits per heavy atom. The van der Waals surface area contributed by atoms with E-state index in [0.717, 1.165) is 42.9 Å². The van der Waals surface area contributed by atoms with E-state index in [0.29, 0.717) is 12.1 Å². The molecular weight excluding hydrogens is 414 g/mol. The standard InChI is InChI=1S/C22H27N5.BrH/c1-2-10-19-18(9-1)25-21(26-19)15-27(17-8-5-12-23-14-17)20-11-3-6-16-7-4-13-24-22(16)20;/h1-2,4,7,9-10,13,17,20,23H,3,5-6,8,11-12,14-15H2,(H,25,26);1H. The Hall–Kier alpha value is -1.76. The molecule has 2 atom stereocenters. The first-order chi connectivity index (χ1) is 13.4. The minimum absolute atomic E-state index is 0. The van der Waals surface area contributed by atoms with Crippen LogP contribution in [0.5, 0.6) is 0 Å². The van der Waals surface area contributed by atoms with E-state index in [1.54, 1.807) is 0 Å². The smallest absolute Gasteiger partial charge is 0.121 e. The van der Waals surface area contributed by atoms with Crippen LogP contribution < -0.4 is 5.32 Å². The van der Waals surface area contributed by atoms with Gasteiger partial charge in [-0.15, -0.1) is 17.0 Å². The quantitative estimate of drug-likeness (QED) is 0.637. The second kappa shape index (κ2) is 8.72. The summed E-state index contributed by atoms with van der Waals surface area (Å²) in [5.74, 6) is 1.06. The third kappa shape index (κ3) is 3.86. The number of aromatic nitrogens is 3. The van der Waals surface area contributed by atoms with Crippen LogP contribution in [-0.2, 0) is 13.0 Å². The molecule has 2 aliphatic rings. The molecule has 0 saturated carbocycles. The largest absolute Gasteiger partial charge is 0.341 e. The van der Waals surface area contributed by atoms with Gasteiger partial charge in [-0.1, -0.05) is 18.2 Å². The molecule has 5 rings (SSSR count). The maximum absolute atomic E-state index is 4.86. The number of aromatic amines is 1. The lowest BCUT2D eigenvalue weighted by Crippen LogP contribution is -2.48. The monoisotopic (exact) mass is 441 g/mol.